The largest absolute Gasteiger partial charge is 0.478 e. The Hall–Kier alpha value is -3.12. The van der Waals surface area contributed by atoms with Crippen molar-refractivity contribution in [3.05, 3.63) is 94.4 Å². The summed E-state index contributed by atoms with van der Waals surface area (Å²) in [5.74, 6) is -0.990. The van der Waals surface area contributed by atoms with E-state index in [1.165, 1.54) is 23.5 Å². The molecule has 6 heteroatoms. The molecule has 1 N–H and O–H groups in total. The average molecular weight is 412 g/mol. The maximum absolute atomic E-state index is 13.0. The van der Waals surface area contributed by atoms with Crippen molar-refractivity contribution in [3.8, 4) is 11.1 Å². The number of hydrogen-bond acceptors (Lipinski definition) is 2. The molecule has 0 amide bonds. The van der Waals surface area contributed by atoms with Gasteiger partial charge in [-0.2, -0.15) is 13.2 Å². The van der Waals surface area contributed by atoms with Crippen LogP contribution in [0.15, 0.2) is 72.8 Å². The van der Waals surface area contributed by atoms with Crippen LogP contribution in [0.5, 0.6) is 0 Å². The van der Waals surface area contributed by atoms with Crippen LogP contribution in [0.1, 0.15) is 26.4 Å². The first-order valence-corrected chi connectivity index (χ1v) is 9.64. The van der Waals surface area contributed by atoms with Gasteiger partial charge in [-0.3, -0.25) is 0 Å². The molecule has 0 saturated carbocycles. The summed E-state index contributed by atoms with van der Waals surface area (Å²) in [5.41, 5.74) is 1.86. The van der Waals surface area contributed by atoms with Gasteiger partial charge in [0.1, 0.15) is 0 Å². The Morgan fingerprint density at radius 1 is 0.931 bits per heavy atom. The molecule has 0 aliphatic heterocycles. The van der Waals surface area contributed by atoms with Crippen molar-refractivity contribution in [2.75, 3.05) is 0 Å². The van der Waals surface area contributed by atoms with Crippen molar-refractivity contribution in [1.82, 2.24) is 0 Å². The van der Waals surface area contributed by atoms with Gasteiger partial charge >= 0.3 is 12.1 Å². The normalized spacial score (nSPS) is 11.7. The van der Waals surface area contributed by atoms with Crippen LogP contribution in [0.25, 0.3) is 21.2 Å². The average Bonchev–Trinajstić information content (AvgIpc) is 3.10. The van der Waals surface area contributed by atoms with E-state index in [0.29, 0.717) is 12.0 Å². The molecule has 3 aromatic carbocycles. The number of carboxylic acid groups (broad SMARTS) is 1. The molecule has 0 spiro atoms. The summed E-state index contributed by atoms with van der Waals surface area (Å²) in [5, 5.41) is 10.2. The first-order valence-electron chi connectivity index (χ1n) is 8.82. The minimum Gasteiger partial charge on any atom is -0.478 e. The zero-order valence-electron chi connectivity index (χ0n) is 15.0. The van der Waals surface area contributed by atoms with Crippen LogP contribution in [0.2, 0.25) is 0 Å². The van der Waals surface area contributed by atoms with E-state index in [0.717, 1.165) is 32.2 Å². The van der Waals surface area contributed by atoms with Crippen LogP contribution >= 0.6 is 11.3 Å². The first-order chi connectivity index (χ1) is 13.8. The number of halogens is 3. The number of fused-ring (bicyclic) bond motifs is 1. The van der Waals surface area contributed by atoms with Gasteiger partial charge in [-0.15, -0.1) is 11.3 Å². The maximum Gasteiger partial charge on any atom is 0.416 e. The van der Waals surface area contributed by atoms with Crippen molar-refractivity contribution in [1.29, 1.82) is 0 Å². The standard InChI is InChI=1S/C23H15F3O2S/c24-23(25,26)18-8-1-4-14(10-18)11-19-13-16-6-3-9-20(21(16)29-19)15-5-2-7-17(12-15)22(27)28/h1-10,12-13H,11H2,(H,27,28). The Balaban J connectivity index is 1.72. The molecule has 0 saturated heterocycles. The van der Waals surface area contributed by atoms with E-state index in [2.05, 4.69) is 0 Å². The molecule has 0 unspecified atom stereocenters. The molecule has 2 nitrogen and oxygen atoms in total. The Morgan fingerprint density at radius 3 is 2.45 bits per heavy atom. The Kier molecular flexibility index (Phi) is 4.88. The fraction of sp³-hybridized carbons (Fsp3) is 0.0870. The zero-order valence-corrected chi connectivity index (χ0v) is 15.8. The van der Waals surface area contributed by atoms with Crippen molar-refractivity contribution < 1.29 is 23.1 Å². The van der Waals surface area contributed by atoms with Crippen LogP contribution < -0.4 is 0 Å². The number of carboxylic acids is 1. The minimum atomic E-state index is -4.36. The topological polar surface area (TPSA) is 37.3 Å². The molecular weight excluding hydrogens is 397 g/mol. The molecule has 4 aromatic rings. The molecule has 0 bridgehead atoms. The summed E-state index contributed by atoms with van der Waals surface area (Å²) in [6.07, 6.45) is -3.96. The van der Waals surface area contributed by atoms with E-state index < -0.39 is 17.7 Å². The molecule has 0 radical (unpaired) electrons. The summed E-state index contributed by atoms with van der Waals surface area (Å²) in [7, 11) is 0. The van der Waals surface area contributed by atoms with Crippen molar-refractivity contribution in [2.24, 2.45) is 0 Å². The quantitative estimate of drug-likeness (QED) is 0.397. The van der Waals surface area contributed by atoms with Gasteiger partial charge in [0.25, 0.3) is 0 Å². The van der Waals surface area contributed by atoms with E-state index in [-0.39, 0.29) is 5.56 Å². The lowest BCUT2D eigenvalue weighted by Gasteiger charge is -2.08. The highest BCUT2D eigenvalue weighted by Crippen LogP contribution is 2.36. The van der Waals surface area contributed by atoms with Crippen molar-refractivity contribution in [3.63, 3.8) is 0 Å². The maximum atomic E-state index is 13.0. The lowest BCUT2D eigenvalue weighted by molar-refractivity contribution is -0.137. The smallest absolute Gasteiger partial charge is 0.416 e. The number of thiophene rings is 1. The highest BCUT2D eigenvalue weighted by Gasteiger charge is 2.30. The van der Waals surface area contributed by atoms with Gasteiger partial charge < -0.3 is 5.11 Å². The summed E-state index contributed by atoms with van der Waals surface area (Å²) in [4.78, 5) is 12.2. The van der Waals surface area contributed by atoms with Gasteiger partial charge in [0, 0.05) is 16.0 Å². The number of carbonyl (C=O) groups is 1. The molecule has 0 aliphatic rings. The molecule has 0 fully saturated rings. The fourth-order valence-corrected chi connectivity index (χ4v) is 4.54. The van der Waals surface area contributed by atoms with Gasteiger partial charge in [-0.1, -0.05) is 48.5 Å². The van der Waals surface area contributed by atoms with Crippen LogP contribution in [0.3, 0.4) is 0 Å². The van der Waals surface area contributed by atoms with Crippen LogP contribution in [-0.2, 0) is 12.6 Å². The zero-order chi connectivity index (χ0) is 20.6. The number of aromatic carboxylic acids is 1. The molecule has 1 heterocycles. The van der Waals surface area contributed by atoms with Gasteiger partial charge in [-0.25, -0.2) is 4.79 Å². The second-order valence-electron chi connectivity index (χ2n) is 6.70. The fourth-order valence-electron chi connectivity index (χ4n) is 3.31. The minimum absolute atomic E-state index is 0.209. The van der Waals surface area contributed by atoms with Gasteiger partial charge in [0.05, 0.1) is 11.1 Å². The van der Waals surface area contributed by atoms with E-state index in [1.807, 2.05) is 30.3 Å². The van der Waals surface area contributed by atoms with Crippen LogP contribution in [-0.4, -0.2) is 11.1 Å². The summed E-state index contributed by atoms with van der Waals surface area (Å²) in [6, 6.07) is 19.8. The summed E-state index contributed by atoms with van der Waals surface area (Å²) < 4.78 is 39.9. The molecule has 0 atom stereocenters. The van der Waals surface area contributed by atoms with E-state index in [4.69, 9.17) is 0 Å². The van der Waals surface area contributed by atoms with E-state index >= 15 is 0 Å². The molecule has 29 heavy (non-hydrogen) atoms. The molecule has 0 aliphatic carbocycles. The SMILES string of the molecule is O=C(O)c1cccc(-c2cccc3cc(Cc4cccc(C(F)(F)F)c4)sc23)c1. The van der Waals surface area contributed by atoms with Crippen molar-refractivity contribution in [2.45, 2.75) is 12.6 Å². The number of benzene rings is 3. The van der Waals surface area contributed by atoms with Gasteiger partial charge in [0.2, 0.25) is 0 Å². The Morgan fingerprint density at radius 2 is 1.69 bits per heavy atom. The molecule has 146 valence electrons. The summed E-state index contributed by atoms with van der Waals surface area (Å²) in [6.45, 7) is 0. The van der Waals surface area contributed by atoms with Gasteiger partial charge in [0.15, 0.2) is 0 Å². The predicted molar refractivity (Wildman–Crippen MR) is 108 cm³/mol. The van der Waals surface area contributed by atoms with Gasteiger partial charge in [-0.05, 0) is 46.3 Å². The third kappa shape index (κ3) is 4.03. The predicted octanol–water partition coefficient (Wildman–Crippen LogP) is 6.88. The second-order valence-corrected chi connectivity index (χ2v) is 7.83. The number of alkyl halides is 3. The number of hydrogen-bond donors (Lipinski definition) is 1. The van der Waals surface area contributed by atoms with Crippen LogP contribution in [0, 0.1) is 0 Å². The Bertz CT molecular complexity index is 1210. The highest BCUT2D eigenvalue weighted by molar-refractivity contribution is 7.19. The van der Waals surface area contributed by atoms with Crippen molar-refractivity contribution >= 4 is 27.4 Å². The Labute approximate surface area is 168 Å². The monoisotopic (exact) mass is 412 g/mol. The second kappa shape index (κ2) is 7.37. The van der Waals surface area contributed by atoms with E-state index in [1.54, 1.807) is 24.3 Å². The lowest BCUT2D eigenvalue weighted by Crippen LogP contribution is -2.05. The molecule has 4 rings (SSSR count). The van der Waals surface area contributed by atoms with E-state index in [9.17, 15) is 23.1 Å². The third-order valence-corrected chi connectivity index (χ3v) is 5.83. The lowest BCUT2D eigenvalue weighted by atomic mass is 10.0. The molecule has 1 aromatic heterocycles. The molecular formula is C23H15F3O2S. The summed E-state index contributed by atoms with van der Waals surface area (Å²) >= 11 is 1.51. The highest BCUT2D eigenvalue weighted by atomic mass is 32.1. The third-order valence-electron chi connectivity index (χ3n) is 4.65. The van der Waals surface area contributed by atoms with Crippen LogP contribution in [0.4, 0.5) is 13.2 Å². The number of rotatable bonds is 4. The first kappa shape index (κ1) is 19.2.